The fourth-order valence-electron chi connectivity index (χ4n) is 1.64. The molecule has 2 aromatic rings. The van der Waals surface area contributed by atoms with E-state index in [9.17, 15) is 4.39 Å². The Morgan fingerprint density at radius 3 is 2.88 bits per heavy atom. The van der Waals surface area contributed by atoms with Crippen molar-refractivity contribution >= 4 is 0 Å². The largest absolute Gasteiger partial charge is 0.508 e. The molecule has 0 saturated carbocycles. The van der Waals surface area contributed by atoms with Crippen LogP contribution in [-0.4, -0.2) is 5.11 Å². The molecule has 0 saturated heterocycles. The van der Waals surface area contributed by atoms with Crippen molar-refractivity contribution < 1.29 is 13.9 Å². The molecule has 1 atom stereocenters. The first-order chi connectivity index (χ1) is 8.16. The Morgan fingerprint density at radius 2 is 2.24 bits per heavy atom. The molecule has 0 spiro atoms. The number of furan rings is 1. The zero-order valence-corrected chi connectivity index (χ0v) is 9.48. The molecule has 0 aliphatic rings. The lowest BCUT2D eigenvalue weighted by atomic mass is 10.1. The zero-order chi connectivity index (χ0) is 12.3. The highest BCUT2D eigenvalue weighted by atomic mass is 19.1. The van der Waals surface area contributed by atoms with E-state index in [1.165, 1.54) is 6.07 Å². The smallest absolute Gasteiger partial charge is 0.131 e. The average molecular weight is 235 g/mol. The van der Waals surface area contributed by atoms with Gasteiger partial charge in [-0.15, -0.1) is 0 Å². The number of aromatic hydroxyl groups is 1. The molecule has 3 nitrogen and oxygen atoms in total. The summed E-state index contributed by atoms with van der Waals surface area (Å²) in [6.07, 6.45) is 1.60. The van der Waals surface area contributed by atoms with E-state index in [1.807, 2.05) is 19.1 Å². The lowest BCUT2D eigenvalue weighted by molar-refractivity contribution is 0.446. The van der Waals surface area contributed by atoms with Gasteiger partial charge in [0.1, 0.15) is 17.3 Å². The van der Waals surface area contributed by atoms with Crippen molar-refractivity contribution in [1.82, 2.24) is 5.32 Å². The van der Waals surface area contributed by atoms with Crippen molar-refractivity contribution in [2.24, 2.45) is 0 Å². The van der Waals surface area contributed by atoms with Crippen LogP contribution in [-0.2, 0) is 6.54 Å². The standard InChI is InChI=1S/C13H14FNO2/c1-9(15-8-11-3-2-6-17-11)12-5-4-10(16)7-13(12)14/h2-7,9,15-16H,8H2,1H3. The van der Waals surface area contributed by atoms with Gasteiger partial charge in [0.15, 0.2) is 0 Å². The number of phenolic OH excluding ortho intramolecular Hbond substituents is 1. The van der Waals surface area contributed by atoms with Gasteiger partial charge in [0.2, 0.25) is 0 Å². The van der Waals surface area contributed by atoms with E-state index in [0.717, 1.165) is 11.8 Å². The molecule has 1 unspecified atom stereocenters. The third-order valence-corrected chi connectivity index (χ3v) is 2.61. The predicted octanol–water partition coefficient (Wildman–Crippen LogP) is 2.98. The Bertz CT molecular complexity index is 482. The maximum absolute atomic E-state index is 13.5. The van der Waals surface area contributed by atoms with Crippen LogP contribution in [0.5, 0.6) is 5.75 Å². The molecule has 0 amide bonds. The normalized spacial score (nSPS) is 12.6. The summed E-state index contributed by atoms with van der Waals surface area (Å²) in [4.78, 5) is 0. The van der Waals surface area contributed by atoms with Crippen LogP contribution in [0.4, 0.5) is 4.39 Å². The highest BCUT2D eigenvalue weighted by Gasteiger charge is 2.11. The minimum absolute atomic E-state index is 0.0653. The van der Waals surface area contributed by atoms with Crippen molar-refractivity contribution in [1.29, 1.82) is 0 Å². The fraction of sp³-hybridized carbons (Fsp3) is 0.231. The van der Waals surface area contributed by atoms with Crippen LogP contribution < -0.4 is 5.32 Å². The highest BCUT2D eigenvalue weighted by Crippen LogP contribution is 2.21. The van der Waals surface area contributed by atoms with Gasteiger partial charge in [0.05, 0.1) is 12.8 Å². The SMILES string of the molecule is CC(NCc1ccco1)c1ccc(O)cc1F. The molecule has 4 heteroatoms. The zero-order valence-electron chi connectivity index (χ0n) is 9.48. The Balaban J connectivity index is 2.01. The van der Waals surface area contributed by atoms with E-state index < -0.39 is 5.82 Å². The van der Waals surface area contributed by atoms with Gasteiger partial charge < -0.3 is 14.8 Å². The molecule has 0 radical (unpaired) electrons. The van der Waals surface area contributed by atoms with E-state index in [0.29, 0.717) is 12.1 Å². The Morgan fingerprint density at radius 1 is 1.41 bits per heavy atom. The first kappa shape index (κ1) is 11.7. The van der Waals surface area contributed by atoms with Crippen molar-refractivity contribution in [2.75, 3.05) is 0 Å². The third kappa shape index (κ3) is 2.85. The van der Waals surface area contributed by atoms with Gasteiger partial charge in [-0.1, -0.05) is 6.07 Å². The number of phenols is 1. The minimum atomic E-state index is -0.413. The topological polar surface area (TPSA) is 45.4 Å². The second-order valence-electron chi connectivity index (χ2n) is 3.89. The first-order valence-corrected chi connectivity index (χ1v) is 5.41. The van der Waals surface area contributed by atoms with E-state index in [1.54, 1.807) is 12.3 Å². The monoisotopic (exact) mass is 235 g/mol. The Hall–Kier alpha value is -1.81. The molecular weight excluding hydrogens is 221 g/mol. The lowest BCUT2D eigenvalue weighted by Crippen LogP contribution is -2.18. The summed E-state index contributed by atoms with van der Waals surface area (Å²) in [6.45, 7) is 2.40. The fourth-order valence-corrected chi connectivity index (χ4v) is 1.64. The van der Waals surface area contributed by atoms with Gasteiger partial charge >= 0.3 is 0 Å². The molecule has 1 aromatic carbocycles. The van der Waals surface area contributed by atoms with Crippen LogP contribution in [0, 0.1) is 5.82 Å². The minimum Gasteiger partial charge on any atom is -0.508 e. The average Bonchev–Trinajstić information content (AvgIpc) is 2.78. The van der Waals surface area contributed by atoms with Crippen LogP contribution >= 0.6 is 0 Å². The van der Waals surface area contributed by atoms with Crippen LogP contribution in [0.3, 0.4) is 0 Å². The second-order valence-corrected chi connectivity index (χ2v) is 3.89. The van der Waals surface area contributed by atoms with Gasteiger partial charge in [-0.3, -0.25) is 0 Å². The van der Waals surface area contributed by atoms with Gasteiger partial charge in [0.25, 0.3) is 0 Å². The van der Waals surface area contributed by atoms with Crippen LogP contribution in [0.2, 0.25) is 0 Å². The number of hydrogen-bond acceptors (Lipinski definition) is 3. The predicted molar refractivity (Wildman–Crippen MR) is 62.0 cm³/mol. The molecule has 2 rings (SSSR count). The van der Waals surface area contributed by atoms with E-state index in [2.05, 4.69) is 5.32 Å². The molecule has 90 valence electrons. The summed E-state index contributed by atoms with van der Waals surface area (Å²) in [5, 5.41) is 12.3. The number of halogens is 1. The summed E-state index contributed by atoms with van der Waals surface area (Å²) in [5.74, 6) is 0.324. The molecule has 0 bridgehead atoms. The summed E-state index contributed by atoms with van der Waals surface area (Å²) in [6, 6.07) is 7.67. The van der Waals surface area contributed by atoms with Crippen molar-refractivity contribution in [3.05, 3.63) is 53.7 Å². The Kier molecular flexibility index (Phi) is 3.44. The number of benzene rings is 1. The molecule has 0 fully saturated rings. The highest BCUT2D eigenvalue weighted by molar-refractivity contribution is 5.29. The van der Waals surface area contributed by atoms with Gasteiger partial charge in [-0.25, -0.2) is 4.39 Å². The van der Waals surface area contributed by atoms with E-state index >= 15 is 0 Å². The van der Waals surface area contributed by atoms with E-state index in [-0.39, 0.29) is 11.8 Å². The third-order valence-electron chi connectivity index (χ3n) is 2.61. The van der Waals surface area contributed by atoms with Crippen LogP contribution in [0.1, 0.15) is 24.3 Å². The summed E-state index contributed by atoms with van der Waals surface area (Å²) < 4.78 is 18.7. The summed E-state index contributed by atoms with van der Waals surface area (Å²) >= 11 is 0. The lowest BCUT2D eigenvalue weighted by Gasteiger charge is -2.14. The quantitative estimate of drug-likeness (QED) is 0.856. The molecule has 17 heavy (non-hydrogen) atoms. The number of hydrogen-bond donors (Lipinski definition) is 2. The molecule has 1 aromatic heterocycles. The maximum atomic E-state index is 13.5. The van der Waals surface area contributed by atoms with Crippen molar-refractivity contribution in [3.8, 4) is 5.75 Å². The number of nitrogens with one attached hydrogen (secondary N) is 1. The molecule has 0 aliphatic heterocycles. The molecule has 1 heterocycles. The van der Waals surface area contributed by atoms with E-state index in [4.69, 9.17) is 9.52 Å². The number of rotatable bonds is 4. The molecule has 0 aliphatic carbocycles. The molecular formula is C13H14FNO2. The van der Waals surface area contributed by atoms with Crippen molar-refractivity contribution in [2.45, 2.75) is 19.5 Å². The van der Waals surface area contributed by atoms with Crippen LogP contribution in [0.15, 0.2) is 41.0 Å². The molecule has 2 N–H and O–H groups in total. The van der Waals surface area contributed by atoms with Gasteiger partial charge in [-0.2, -0.15) is 0 Å². The van der Waals surface area contributed by atoms with Gasteiger partial charge in [0, 0.05) is 17.7 Å². The summed E-state index contributed by atoms with van der Waals surface area (Å²) in [5.41, 5.74) is 0.523. The summed E-state index contributed by atoms with van der Waals surface area (Å²) in [7, 11) is 0. The second kappa shape index (κ2) is 5.01. The maximum Gasteiger partial charge on any atom is 0.131 e. The first-order valence-electron chi connectivity index (χ1n) is 5.41. The van der Waals surface area contributed by atoms with Crippen LogP contribution in [0.25, 0.3) is 0 Å². The van der Waals surface area contributed by atoms with Crippen molar-refractivity contribution in [3.63, 3.8) is 0 Å². The van der Waals surface area contributed by atoms with Gasteiger partial charge in [-0.05, 0) is 25.1 Å². The Labute approximate surface area is 98.9 Å².